The van der Waals surface area contributed by atoms with Gasteiger partial charge in [0.05, 0.1) is 12.2 Å². The van der Waals surface area contributed by atoms with Crippen LogP contribution in [0.1, 0.15) is 26.3 Å². The molecule has 0 heterocycles. The van der Waals surface area contributed by atoms with Crippen molar-refractivity contribution in [2.75, 3.05) is 7.11 Å². The molecule has 6 nitrogen and oxygen atoms in total. The van der Waals surface area contributed by atoms with Crippen molar-refractivity contribution >= 4 is 11.8 Å². The first-order chi connectivity index (χ1) is 10.6. The molecule has 22 heavy (non-hydrogen) atoms. The predicted octanol–water partition coefficient (Wildman–Crippen LogP) is 1.61. The van der Waals surface area contributed by atoms with Crippen LogP contribution in [-0.4, -0.2) is 24.0 Å². The van der Waals surface area contributed by atoms with Crippen molar-refractivity contribution in [1.29, 1.82) is 0 Å². The highest BCUT2D eigenvalue weighted by Crippen LogP contribution is 2.15. The molecule has 0 aliphatic carbocycles. The summed E-state index contributed by atoms with van der Waals surface area (Å²) < 4.78 is 5.03. The fourth-order valence-corrected chi connectivity index (χ4v) is 1.94. The van der Waals surface area contributed by atoms with Crippen molar-refractivity contribution in [3.63, 3.8) is 0 Å². The Bertz CT molecular complexity index is 685. The van der Waals surface area contributed by atoms with E-state index in [1.54, 1.807) is 36.4 Å². The van der Waals surface area contributed by atoms with Gasteiger partial charge in [-0.2, -0.15) is 0 Å². The van der Waals surface area contributed by atoms with Crippen molar-refractivity contribution in [1.82, 2.24) is 10.9 Å². The molecule has 3 N–H and O–H groups in total. The van der Waals surface area contributed by atoms with E-state index in [1.165, 1.54) is 19.2 Å². The number of rotatable bonds is 4. The lowest BCUT2D eigenvalue weighted by Crippen LogP contribution is -2.42. The molecule has 0 saturated carbocycles. The number of carbonyl (C=O) groups is 2. The van der Waals surface area contributed by atoms with Crippen molar-refractivity contribution < 1.29 is 19.4 Å². The van der Waals surface area contributed by atoms with E-state index in [4.69, 9.17) is 4.74 Å². The average Bonchev–Trinajstić information content (AvgIpc) is 2.53. The zero-order valence-corrected chi connectivity index (χ0v) is 12.0. The lowest BCUT2D eigenvalue weighted by Gasteiger charge is -2.11. The molecule has 2 aromatic rings. The molecule has 2 rings (SSSR count). The maximum atomic E-state index is 12.1. The minimum absolute atomic E-state index is 0.0768. The Morgan fingerprint density at radius 1 is 0.955 bits per heavy atom. The van der Waals surface area contributed by atoms with Crippen molar-refractivity contribution in [2.45, 2.75) is 6.61 Å². The Morgan fingerprint density at radius 2 is 1.50 bits per heavy atom. The van der Waals surface area contributed by atoms with E-state index < -0.39 is 11.8 Å². The van der Waals surface area contributed by atoms with Crippen molar-refractivity contribution in [3.05, 3.63) is 65.2 Å². The first kappa shape index (κ1) is 15.5. The van der Waals surface area contributed by atoms with E-state index in [1.807, 2.05) is 0 Å². The minimum atomic E-state index is -0.601. The number of hydrogen-bond acceptors (Lipinski definition) is 4. The second kappa shape index (κ2) is 7.24. The number of ether oxygens (including phenoxy) is 1. The van der Waals surface area contributed by atoms with Crippen LogP contribution in [0.4, 0.5) is 0 Å². The molecule has 0 aromatic heterocycles. The molecule has 0 unspecified atom stereocenters. The van der Waals surface area contributed by atoms with E-state index >= 15 is 0 Å². The molecular weight excluding hydrogens is 284 g/mol. The van der Waals surface area contributed by atoms with Gasteiger partial charge in [-0.1, -0.05) is 30.3 Å². The Labute approximate surface area is 127 Å². The predicted molar refractivity (Wildman–Crippen MR) is 80.2 cm³/mol. The van der Waals surface area contributed by atoms with Crippen LogP contribution in [-0.2, 0) is 11.3 Å². The summed E-state index contributed by atoms with van der Waals surface area (Å²) in [6, 6.07) is 13.0. The molecule has 114 valence electrons. The number of methoxy groups -OCH3 is 1. The molecule has 0 fully saturated rings. The molecule has 0 aliphatic heterocycles. The lowest BCUT2D eigenvalue weighted by atomic mass is 10.1. The Hall–Kier alpha value is -2.86. The number of carbonyl (C=O) groups excluding carboxylic acids is 2. The number of hydrazine groups is 1. The van der Waals surface area contributed by atoms with Crippen LogP contribution in [0, 0.1) is 0 Å². The van der Waals surface area contributed by atoms with Crippen LogP contribution in [0.5, 0.6) is 5.75 Å². The van der Waals surface area contributed by atoms with Crippen LogP contribution >= 0.6 is 0 Å². The van der Waals surface area contributed by atoms with Gasteiger partial charge < -0.3 is 9.84 Å². The quantitative estimate of drug-likeness (QED) is 0.749. The number of phenolic OH excluding ortho intramolecular Hbond substituents is 1. The molecule has 2 aromatic carbocycles. The second-order valence-electron chi connectivity index (χ2n) is 4.52. The number of para-hydroxylation sites is 1. The summed E-state index contributed by atoms with van der Waals surface area (Å²) in [5.74, 6) is -1.22. The van der Waals surface area contributed by atoms with E-state index in [9.17, 15) is 14.7 Å². The maximum Gasteiger partial charge on any atom is 0.273 e. The number of nitrogens with one attached hydrogen (secondary N) is 2. The fraction of sp³-hybridized carbons (Fsp3) is 0.125. The molecule has 0 aliphatic rings. The smallest absolute Gasteiger partial charge is 0.273 e. The lowest BCUT2D eigenvalue weighted by molar-refractivity contribution is 0.0842. The largest absolute Gasteiger partial charge is 0.507 e. The Morgan fingerprint density at radius 3 is 2.14 bits per heavy atom. The van der Waals surface area contributed by atoms with Gasteiger partial charge in [0.25, 0.3) is 11.8 Å². The van der Waals surface area contributed by atoms with Crippen LogP contribution in [0.2, 0.25) is 0 Å². The monoisotopic (exact) mass is 300 g/mol. The number of hydrogen-bond donors (Lipinski definition) is 3. The minimum Gasteiger partial charge on any atom is -0.507 e. The fourth-order valence-electron chi connectivity index (χ4n) is 1.94. The SMILES string of the molecule is COCc1ccccc1C(=O)NNC(=O)c1ccccc1O. The Kier molecular flexibility index (Phi) is 5.11. The van der Waals surface area contributed by atoms with Gasteiger partial charge in [-0.05, 0) is 23.8 Å². The number of amides is 2. The topological polar surface area (TPSA) is 87.7 Å². The first-order valence-corrected chi connectivity index (χ1v) is 6.59. The molecule has 0 saturated heterocycles. The van der Waals surface area contributed by atoms with Gasteiger partial charge >= 0.3 is 0 Å². The van der Waals surface area contributed by atoms with Crippen molar-refractivity contribution in [3.8, 4) is 5.75 Å². The average molecular weight is 300 g/mol. The summed E-state index contributed by atoms with van der Waals surface area (Å²) in [5, 5.41) is 9.59. The van der Waals surface area contributed by atoms with E-state index in [0.717, 1.165) is 0 Å². The molecule has 0 spiro atoms. The third kappa shape index (κ3) is 3.62. The van der Waals surface area contributed by atoms with E-state index in [2.05, 4.69) is 10.9 Å². The standard InChI is InChI=1S/C16H16N2O4/c1-22-10-11-6-2-3-7-12(11)15(20)17-18-16(21)13-8-4-5-9-14(13)19/h2-9,19H,10H2,1H3,(H,17,20)(H,18,21). The maximum absolute atomic E-state index is 12.1. The highest BCUT2D eigenvalue weighted by Gasteiger charge is 2.14. The normalized spacial score (nSPS) is 10.0. The van der Waals surface area contributed by atoms with E-state index in [-0.39, 0.29) is 17.9 Å². The summed E-state index contributed by atoms with van der Waals surface area (Å²) in [5.41, 5.74) is 5.78. The molecule has 6 heteroatoms. The zero-order valence-electron chi connectivity index (χ0n) is 12.0. The van der Waals surface area contributed by atoms with Gasteiger partial charge in [-0.15, -0.1) is 0 Å². The van der Waals surface area contributed by atoms with Gasteiger partial charge in [0.2, 0.25) is 0 Å². The Balaban J connectivity index is 2.04. The molecule has 0 atom stereocenters. The summed E-state index contributed by atoms with van der Waals surface area (Å²) in [6.07, 6.45) is 0. The van der Waals surface area contributed by atoms with Crippen LogP contribution < -0.4 is 10.9 Å². The summed E-state index contributed by atoms with van der Waals surface area (Å²) >= 11 is 0. The third-order valence-corrected chi connectivity index (χ3v) is 3.00. The highest BCUT2D eigenvalue weighted by atomic mass is 16.5. The summed E-state index contributed by atoms with van der Waals surface area (Å²) in [4.78, 5) is 24.0. The zero-order chi connectivity index (χ0) is 15.9. The van der Waals surface area contributed by atoms with Crippen LogP contribution in [0.25, 0.3) is 0 Å². The van der Waals surface area contributed by atoms with Gasteiger partial charge in [0.15, 0.2) is 0 Å². The summed E-state index contributed by atoms with van der Waals surface area (Å²) in [7, 11) is 1.54. The summed E-state index contributed by atoms with van der Waals surface area (Å²) in [6.45, 7) is 0.289. The molecule has 2 amide bonds. The van der Waals surface area contributed by atoms with Crippen molar-refractivity contribution in [2.24, 2.45) is 0 Å². The molecule has 0 radical (unpaired) electrons. The van der Waals surface area contributed by atoms with Crippen LogP contribution in [0.15, 0.2) is 48.5 Å². The van der Waals surface area contributed by atoms with Gasteiger partial charge in [-0.25, -0.2) is 0 Å². The van der Waals surface area contributed by atoms with Crippen LogP contribution in [0.3, 0.4) is 0 Å². The first-order valence-electron chi connectivity index (χ1n) is 6.59. The third-order valence-electron chi connectivity index (χ3n) is 3.00. The van der Waals surface area contributed by atoms with Gasteiger partial charge in [0, 0.05) is 12.7 Å². The molecular formula is C16H16N2O4. The van der Waals surface area contributed by atoms with Gasteiger partial charge in [0.1, 0.15) is 5.75 Å². The highest BCUT2D eigenvalue weighted by molar-refractivity contribution is 6.00. The van der Waals surface area contributed by atoms with Gasteiger partial charge in [-0.3, -0.25) is 20.4 Å². The number of aromatic hydroxyl groups is 1. The van der Waals surface area contributed by atoms with E-state index in [0.29, 0.717) is 11.1 Å². The number of benzene rings is 2. The number of phenols is 1. The second-order valence-corrected chi connectivity index (χ2v) is 4.52. The molecule has 0 bridgehead atoms.